The number of likely N-dealkylation sites (tertiary alicyclic amines) is 1. The van der Waals surface area contributed by atoms with Gasteiger partial charge in [0.25, 0.3) is 0 Å². The molecule has 26 heavy (non-hydrogen) atoms. The maximum Gasteiger partial charge on any atom is 0.404 e. The fourth-order valence-electron chi connectivity index (χ4n) is 4.33. The van der Waals surface area contributed by atoms with Gasteiger partial charge >= 0.3 is 12.1 Å². The summed E-state index contributed by atoms with van der Waals surface area (Å²) in [5.74, 6) is -1.19. The lowest BCUT2D eigenvalue weighted by molar-refractivity contribution is -0.192. The van der Waals surface area contributed by atoms with E-state index in [1.54, 1.807) is 19.1 Å². The first-order valence-electron chi connectivity index (χ1n) is 8.72. The van der Waals surface area contributed by atoms with Crippen molar-refractivity contribution >= 4 is 16.9 Å². The Kier molecular flexibility index (Phi) is 4.77. The highest BCUT2D eigenvalue weighted by atomic mass is 19.4. The molecule has 1 saturated heterocycles. The fourth-order valence-corrected chi connectivity index (χ4v) is 4.33. The average Bonchev–Trinajstić information content (AvgIpc) is 2.85. The molecule has 7 heteroatoms. The van der Waals surface area contributed by atoms with Crippen molar-refractivity contribution in [3.63, 3.8) is 0 Å². The SMILES string of the molecule is Cc1c(C(=O)O)c2ccccc2n1C(C)C1CCN(C)C(C(F)(F)F)C1. The molecule has 1 aliphatic rings. The van der Waals surface area contributed by atoms with Crippen molar-refractivity contribution in [2.75, 3.05) is 13.6 Å². The van der Waals surface area contributed by atoms with E-state index in [2.05, 4.69) is 0 Å². The van der Waals surface area contributed by atoms with Crippen LogP contribution in [0.2, 0.25) is 0 Å². The van der Waals surface area contributed by atoms with Crippen LogP contribution in [0, 0.1) is 12.8 Å². The van der Waals surface area contributed by atoms with Gasteiger partial charge in [0, 0.05) is 22.6 Å². The summed E-state index contributed by atoms with van der Waals surface area (Å²) < 4.78 is 41.9. The van der Waals surface area contributed by atoms with Crippen molar-refractivity contribution in [1.29, 1.82) is 0 Å². The number of aromatic carboxylic acids is 1. The molecule has 0 spiro atoms. The molecule has 0 amide bonds. The molecule has 0 radical (unpaired) electrons. The van der Waals surface area contributed by atoms with E-state index in [1.165, 1.54) is 11.9 Å². The number of carboxylic acid groups (broad SMARTS) is 1. The van der Waals surface area contributed by atoms with Gasteiger partial charge in [0.05, 0.1) is 5.56 Å². The van der Waals surface area contributed by atoms with Crippen molar-refractivity contribution in [1.82, 2.24) is 9.47 Å². The third-order valence-corrected chi connectivity index (χ3v) is 5.75. The van der Waals surface area contributed by atoms with E-state index in [9.17, 15) is 23.1 Å². The number of carboxylic acids is 1. The van der Waals surface area contributed by atoms with Gasteiger partial charge in [-0.1, -0.05) is 18.2 Å². The van der Waals surface area contributed by atoms with Crippen LogP contribution in [0.25, 0.3) is 10.9 Å². The second kappa shape index (κ2) is 6.61. The second-order valence-corrected chi connectivity index (χ2v) is 7.22. The van der Waals surface area contributed by atoms with Gasteiger partial charge in [0.2, 0.25) is 0 Å². The Hall–Kier alpha value is -2.02. The lowest BCUT2D eigenvalue weighted by Gasteiger charge is -2.40. The van der Waals surface area contributed by atoms with E-state index in [1.807, 2.05) is 23.6 Å². The Bertz CT molecular complexity index is 828. The Labute approximate surface area is 150 Å². The normalized spacial score (nSPS) is 23.3. The largest absolute Gasteiger partial charge is 0.478 e. The van der Waals surface area contributed by atoms with Crippen LogP contribution in [0.5, 0.6) is 0 Å². The predicted octanol–water partition coefficient (Wildman–Crippen LogP) is 4.48. The molecule has 3 atom stereocenters. The highest BCUT2D eigenvalue weighted by molar-refractivity contribution is 6.05. The van der Waals surface area contributed by atoms with Gasteiger partial charge in [0.1, 0.15) is 6.04 Å². The fraction of sp³-hybridized carbons (Fsp3) is 0.526. The van der Waals surface area contributed by atoms with Gasteiger partial charge < -0.3 is 9.67 Å². The lowest BCUT2D eigenvalue weighted by atomic mass is 9.85. The van der Waals surface area contributed by atoms with Crippen LogP contribution in [0.3, 0.4) is 0 Å². The van der Waals surface area contributed by atoms with Crippen molar-refractivity contribution in [2.45, 2.75) is 44.9 Å². The molecular formula is C19H23F3N2O2. The summed E-state index contributed by atoms with van der Waals surface area (Å²) in [6.07, 6.45) is -3.58. The van der Waals surface area contributed by atoms with Crippen molar-refractivity contribution in [3.8, 4) is 0 Å². The monoisotopic (exact) mass is 368 g/mol. The van der Waals surface area contributed by atoms with Crippen LogP contribution in [-0.2, 0) is 0 Å². The van der Waals surface area contributed by atoms with Crippen LogP contribution < -0.4 is 0 Å². The molecule has 3 rings (SSSR count). The Balaban J connectivity index is 2.02. The Morgan fingerprint density at radius 2 is 1.96 bits per heavy atom. The first-order chi connectivity index (χ1) is 12.1. The number of hydrogen-bond donors (Lipinski definition) is 1. The number of piperidine rings is 1. The maximum atomic E-state index is 13.3. The topological polar surface area (TPSA) is 45.5 Å². The van der Waals surface area contributed by atoms with E-state index in [0.29, 0.717) is 24.0 Å². The van der Waals surface area contributed by atoms with Crippen LogP contribution in [0.4, 0.5) is 13.2 Å². The van der Waals surface area contributed by atoms with Gasteiger partial charge in [-0.2, -0.15) is 13.2 Å². The van der Waals surface area contributed by atoms with Crippen LogP contribution in [-0.4, -0.2) is 46.4 Å². The van der Waals surface area contributed by atoms with Crippen molar-refractivity contribution in [2.24, 2.45) is 5.92 Å². The highest BCUT2D eigenvalue weighted by Gasteiger charge is 2.46. The third-order valence-electron chi connectivity index (χ3n) is 5.75. The summed E-state index contributed by atoms with van der Waals surface area (Å²) in [6.45, 7) is 4.01. The highest BCUT2D eigenvalue weighted by Crippen LogP contribution is 2.40. The molecule has 3 unspecified atom stereocenters. The number of aromatic nitrogens is 1. The Morgan fingerprint density at radius 3 is 2.58 bits per heavy atom. The zero-order chi connectivity index (χ0) is 19.2. The average molecular weight is 368 g/mol. The summed E-state index contributed by atoms with van der Waals surface area (Å²) in [7, 11) is 1.51. The molecule has 1 fully saturated rings. The molecule has 4 nitrogen and oxygen atoms in total. The summed E-state index contributed by atoms with van der Waals surface area (Å²) >= 11 is 0. The lowest BCUT2D eigenvalue weighted by Crippen LogP contribution is -2.49. The molecule has 1 aromatic carbocycles. The van der Waals surface area contributed by atoms with E-state index < -0.39 is 18.2 Å². The summed E-state index contributed by atoms with van der Waals surface area (Å²) in [6, 6.07) is 5.52. The molecule has 142 valence electrons. The molecule has 1 aromatic heterocycles. The smallest absolute Gasteiger partial charge is 0.404 e. The molecular weight excluding hydrogens is 345 g/mol. The quantitative estimate of drug-likeness (QED) is 0.869. The second-order valence-electron chi connectivity index (χ2n) is 7.22. The van der Waals surface area contributed by atoms with E-state index in [-0.39, 0.29) is 23.9 Å². The molecule has 0 aliphatic carbocycles. The number of halogens is 3. The number of alkyl halides is 3. The van der Waals surface area contributed by atoms with Gasteiger partial charge in [0.15, 0.2) is 0 Å². The summed E-state index contributed by atoms with van der Waals surface area (Å²) in [4.78, 5) is 13.1. The van der Waals surface area contributed by atoms with Crippen LogP contribution in [0.1, 0.15) is 41.9 Å². The molecule has 1 N–H and O–H groups in total. The zero-order valence-electron chi connectivity index (χ0n) is 15.0. The number of benzene rings is 1. The number of hydrogen-bond acceptors (Lipinski definition) is 2. The van der Waals surface area contributed by atoms with Gasteiger partial charge in [-0.3, -0.25) is 4.90 Å². The van der Waals surface area contributed by atoms with Gasteiger partial charge in [-0.05, 0) is 52.3 Å². The maximum absolute atomic E-state index is 13.3. The number of carbonyl (C=O) groups is 1. The minimum Gasteiger partial charge on any atom is -0.478 e. The first-order valence-corrected chi connectivity index (χ1v) is 8.72. The molecule has 1 aliphatic heterocycles. The standard InChI is InChI=1S/C19H23F3N2O2/c1-11(13-8-9-23(3)16(10-13)19(20,21)22)24-12(2)17(18(25)26)14-6-4-5-7-15(14)24/h4-7,11,13,16H,8-10H2,1-3H3,(H,25,26). The van der Waals surface area contributed by atoms with Gasteiger partial charge in [-0.15, -0.1) is 0 Å². The van der Waals surface area contributed by atoms with Crippen molar-refractivity contribution < 1.29 is 23.1 Å². The Morgan fingerprint density at radius 1 is 1.31 bits per heavy atom. The molecule has 0 bridgehead atoms. The minimum atomic E-state index is -4.26. The third kappa shape index (κ3) is 3.09. The number of fused-ring (bicyclic) bond motifs is 1. The van der Waals surface area contributed by atoms with Crippen molar-refractivity contribution in [3.05, 3.63) is 35.5 Å². The summed E-state index contributed by atoms with van der Waals surface area (Å²) in [5, 5.41) is 10.2. The molecule has 2 heterocycles. The molecule has 0 saturated carbocycles. The van der Waals surface area contributed by atoms with E-state index >= 15 is 0 Å². The minimum absolute atomic E-state index is 0.0233. The van der Waals surface area contributed by atoms with Gasteiger partial charge in [-0.25, -0.2) is 4.79 Å². The zero-order valence-corrected chi connectivity index (χ0v) is 15.0. The van der Waals surface area contributed by atoms with Crippen LogP contribution in [0.15, 0.2) is 24.3 Å². The predicted molar refractivity (Wildman–Crippen MR) is 93.5 cm³/mol. The molecule has 2 aromatic rings. The first kappa shape index (κ1) is 18.8. The number of para-hydroxylation sites is 1. The number of nitrogens with zero attached hydrogens (tertiary/aromatic N) is 2. The van der Waals surface area contributed by atoms with E-state index in [4.69, 9.17) is 0 Å². The number of rotatable bonds is 3. The summed E-state index contributed by atoms with van der Waals surface area (Å²) in [5.41, 5.74) is 1.58. The van der Waals surface area contributed by atoms with E-state index in [0.717, 1.165) is 5.52 Å². The van der Waals surface area contributed by atoms with Crippen LogP contribution >= 0.6 is 0 Å².